The normalized spacial score (nSPS) is 10.7. The zero-order valence-corrected chi connectivity index (χ0v) is 11.8. The molecule has 1 rings (SSSR count). The molecular formula is C14H13F3O2S. The molecule has 0 saturated heterocycles. The minimum Gasteiger partial charge on any atom is -0.495 e. The Hall–Kier alpha value is -1.61. The summed E-state index contributed by atoms with van der Waals surface area (Å²) in [5, 5.41) is 0.0129. The number of thioether (sulfide) groups is 1. The predicted octanol–water partition coefficient (Wildman–Crippen LogP) is 3.74. The highest BCUT2D eigenvalue weighted by molar-refractivity contribution is 8.13. The minimum absolute atomic E-state index is 0.0129. The van der Waals surface area contributed by atoms with E-state index in [9.17, 15) is 18.0 Å². The van der Waals surface area contributed by atoms with Crippen molar-refractivity contribution in [1.29, 1.82) is 0 Å². The first-order valence-corrected chi connectivity index (χ1v) is 6.70. The fraction of sp³-hybridized carbons (Fsp3) is 0.357. The van der Waals surface area contributed by atoms with Crippen molar-refractivity contribution in [3.05, 3.63) is 29.3 Å². The van der Waals surface area contributed by atoms with Crippen molar-refractivity contribution in [1.82, 2.24) is 0 Å². The summed E-state index contributed by atoms with van der Waals surface area (Å²) >= 11 is 1.16. The molecule has 0 amide bonds. The molecule has 0 N–H and O–H groups in total. The maximum Gasteiger partial charge on any atom is 0.416 e. The molecule has 0 radical (unpaired) electrons. The van der Waals surface area contributed by atoms with Gasteiger partial charge >= 0.3 is 6.18 Å². The Morgan fingerprint density at radius 3 is 2.65 bits per heavy atom. The zero-order valence-electron chi connectivity index (χ0n) is 11.0. The molecule has 0 saturated carbocycles. The Morgan fingerprint density at radius 2 is 2.10 bits per heavy atom. The van der Waals surface area contributed by atoms with Gasteiger partial charge in [0.05, 0.1) is 18.2 Å². The van der Waals surface area contributed by atoms with Crippen molar-refractivity contribution in [3.8, 4) is 17.6 Å². The van der Waals surface area contributed by atoms with Crippen LogP contribution >= 0.6 is 11.8 Å². The van der Waals surface area contributed by atoms with Crippen LogP contribution in [0.1, 0.15) is 24.5 Å². The molecule has 6 heteroatoms. The Labute approximate surface area is 119 Å². The van der Waals surface area contributed by atoms with Crippen molar-refractivity contribution >= 4 is 16.9 Å². The fourth-order valence-electron chi connectivity index (χ4n) is 1.37. The molecule has 108 valence electrons. The lowest BCUT2D eigenvalue weighted by atomic mass is 10.1. The third-order valence-electron chi connectivity index (χ3n) is 2.28. The first-order valence-electron chi connectivity index (χ1n) is 5.72. The zero-order chi connectivity index (χ0) is 15.2. The predicted molar refractivity (Wildman–Crippen MR) is 72.6 cm³/mol. The first kappa shape index (κ1) is 16.4. The summed E-state index contributed by atoms with van der Waals surface area (Å²) < 4.78 is 42.5. The molecule has 0 fully saturated rings. The Balaban J connectivity index is 2.81. The maximum absolute atomic E-state index is 12.5. The van der Waals surface area contributed by atoms with Crippen LogP contribution in [0.2, 0.25) is 0 Å². The third-order valence-corrected chi connectivity index (χ3v) is 3.10. The number of alkyl halides is 3. The largest absolute Gasteiger partial charge is 0.495 e. The smallest absolute Gasteiger partial charge is 0.416 e. The summed E-state index contributed by atoms with van der Waals surface area (Å²) in [7, 11) is 1.30. The summed E-state index contributed by atoms with van der Waals surface area (Å²) in [6.07, 6.45) is -3.92. The molecule has 20 heavy (non-hydrogen) atoms. The van der Waals surface area contributed by atoms with Crippen LogP contribution < -0.4 is 4.74 Å². The molecule has 0 bridgehead atoms. The van der Waals surface area contributed by atoms with Gasteiger partial charge in [-0.1, -0.05) is 23.6 Å². The van der Waals surface area contributed by atoms with Gasteiger partial charge in [-0.15, -0.1) is 0 Å². The number of benzene rings is 1. The number of carbonyl (C=O) groups excluding carboxylic acids is 1. The van der Waals surface area contributed by atoms with Crippen molar-refractivity contribution < 1.29 is 22.7 Å². The van der Waals surface area contributed by atoms with Crippen molar-refractivity contribution in [2.24, 2.45) is 0 Å². The average molecular weight is 302 g/mol. The van der Waals surface area contributed by atoms with Crippen LogP contribution in [-0.4, -0.2) is 18.0 Å². The quantitative estimate of drug-likeness (QED) is 0.628. The fourth-order valence-corrected chi connectivity index (χ4v) is 1.87. The Morgan fingerprint density at radius 1 is 1.40 bits per heavy atom. The number of carbonyl (C=O) groups is 1. The van der Waals surface area contributed by atoms with E-state index in [4.69, 9.17) is 4.74 Å². The van der Waals surface area contributed by atoms with E-state index in [1.165, 1.54) is 20.1 Å². The number of hydrogen-bond donors (Lipinski definition) is 0. The molecule has 0 aliphatic heterocycles. The lowest BCUT2D eigenvalue weighted by Crippen LogP contribution is -2.05. The summed E-state index contributed by atoms with van der Waals surface area (Å²) in [6.45, 7) is 1.47. The van der Waals surface area contributed by atoms with Crippen molar-refractivity contribution in [2.45, 2.75) is 19.5 Å². The molecule has 1 aromatic carbocycles. The second-order valence-corrected chi connectivity index (χ2v) is 5.08. The third kappa shape index (κ3) is 5.17. The monoisotopic (exact) mass is 302 g/mol. The van der Waals surface area contributed by atoms with Gasteiger partial charge in [0.25, 0.3) is 0 Å². The van der Waals surface area contributed by atoms with Crippen LogP contribution in [0.25, 0.3) is 0 Å². The summed E-state index contributed by atoms with van der Waals surface area (Å²) in [4.78, 5) is 10.7. The molecule has 0 aliphatic rings. The Kier molecular flexibility index (Phi) is 5.96. The number of rotatable bonds is 3. The highest BCUT2D eigenvalue weighted by atomic mass is 32.2. The van der Waals surface area contributed by atoms with E-state index < -0.39 is 11.7 Å². The van der Waals surface area contributed by atoms with Gasteiger partial charge in [0.1, 0.15) is 5.75 Å². The van der Waals surface area contributed by atoms with Crippen LogP contribution in [0.3, 0.4) is 0 Å². The van der Waals surface area contributed by atoms with Crippen LogP contribution in [0.5, 0.6) is 5.75 Å². The highest BCUT2D eigenvalue weighted by Crippen LogP contribution is 2.32. The summed E-state index contributed by atoms with van der Waals surface area (Å²) in [5.41, 5.74) is -0.375. The van der Waals surface area contributed by atoms with E-state index in [1.807, 2.05) is 0 Å². The van der Waals surface area contributed by atoms with E-state index in [-0.39, 0.29) is 10.9 Å². The summed E-state index contributed by atoms with van der Waals surface area (Å²) in [6, 6.07) is 3.18. The second-order valence-electron chi connectivity index (χ2n) is 3.80. The van der Waals surface area contributed by atoms with Gasteiger partial charge in [-0.2, -0.15) is 13.2 Å². The van der Waals surface area contributed by atoms with Crippen LogP contribution in [0.15, 0.2) is 18.2 Å². The van der Waals surface area contributed by atoms with Gasteiger partial charge < -0.3 is 4.74 Å². The van der Waals surface area contributed by atoms with Gasteiger partial charge in [-0.25, -0.2) is 0 Å². The van der Waals surface area contributed by atoms with Crippen LogP contribution in [0, 0.1) is 11.8 Å². The lowest BCUT2D eigenvalue weighted by molar-refractivity contribution is -0.137. The van der Waals surface area contributed by atoms with Crippen molar-refractivity contribution in [2.75, 3.05) is 12.9 Å². The first-order chi connectivity index (χ1) is 9.34. The molecule has 1 aromatic rings. The molecule has 2 nitrogen and oxygen atoms in total. The number of methoxy groups -OCH3 is 1. The van der Waals surface area contributed by atoms with E-state index in [0.29, 0.717) is 17.7 Å². The molecule has 0 aliphatic carbocycles. The molecule has 0 atom stereocenters. The lowest BCUT2D eigenvalue weighted by Gasteiger charge is -2.09. The highest BCUT2D eigenvalue weighted by Gasteiger charge is 2.31. The number of ether oxygens (including phenoxy) is 1. The van der Waals surface area contributed by atoms with Gasteiger partial charge in [0.2, 0.25) is 0 Å². The maximum atomic E-state index is 12.5. The Bertz CT molecular complexity index is 542. The van der Waals surface area contributed by atoms with E-state index in [1.54, 1.807) is 0 Å². The topological polar surface area (TPSA) is 26.3 Å². The van der Waals surface area contributed by atoms with E-state index in [0.717, 1.165) is 23.9 Å². The molecule has 0 heterocycles. The van der Waals surface area contributed by atoms with Gasteiger partial charge in [0.15, 0.2) is 5.12 Å². The van der Waals surface area contributed by atoms with Crippen LogP contribution in [-0.2, 0) is 11.0 Å². The molecule has 0 spiro atoms. The van der Waals surface area contributed by atoms with Gasteiger partial charge in [-0.3, -0.25) is 4.79 Å². The number of halogens is 3. The standard InChI is InChI=1S/C14H13F3O2S/c1-10(18)20-8-4-3-5-11-6-7-12(14(15,16)17)9-13(11)19-2/h6-7,9H,4,8H2,1-2H3. The average Bonchev–Trinajstić information content (AvgIpc) is 2.36. The molecule has 0 aromatic heterocycles. The molecule has 0 unspecified atom stereocenters. The van der Waals surface area contributed by atoms with Gasteiger partial charge in [-0.05, 0) is 18.2 Å². The number of hydrogen-bond acceptors (Lipinski definition) is 3. The summed E-state index contributed by atoms with van der Waals surface area (Å²) in [5.74, 6) is 6.21. The molecular weight excluding hydrogens is 289 g/mol. The van der Waals surface area contributed by atoms with Crippen molar-refractivity contribution in [3.63, 3.8) is 0 Å². The van der Waals surface area contributed by atoms with E-state index in [2.05, 4.69) is 11.8 Å². The van der Waals surface area contributed by atoms with Gasteiger partial charge in [0, 0.05) is 19.1 Å². The van der Waals surface area contributed by atoms with Crippen LogP contribution in [0.4, 0.5) is 13.2 Å². The second kappa shape index (κ2) is 7.25. The minimum atomic E-state index is -4.41. The SMILES string of the molecule is COc1cc(C(F)(F)F)ccc1C#CCCSC(C)=O. The van der Waals surface area contributed by atoms with E-state index >= 15 is 0 Å².